The molecule has 14 heavy (non-hydrogen) atoms. The number of nitrogens with two attached hydrogens (primary N) is 1. The molecule has 0 fully saturated rings. The summed E-state index contributed by atoms with van der Waals surface area (Å²) < 4.78 is 13.5. The first-order valence-corrected chi connectivity index (χ1v) is 5.20. The molecular formula is C10H9BrFNO. The maximum atomic E-state index is 13.3. The van der Waals surface area contributed by atoms with Crippen LogP contribution >= 0.6 is 15.9 Å². The van der Waals surface area contributed by atoms with E-state index < -0.39 is 5.82 Å². The van der Waals surface area contributed by atoms with E-state index in [1.807, 2.05) is 0 Å². The van der Waals surface area contributed by atoms with Crippen molar-refractivity contribution < 1.29 is 9.18 Å². The predicted molar refractivity (Wildman–Crippen MR) is 55.8 cm³/mol. The highest BCUT2D eigenvalue weighted by molar-refractivity contribution is 9.10. The fourth-order valence-electron chi connectivity index (χ4n) is 1.79. The van der Waals surface area contributed by atoms with Gasteiger partial charge in [0.1, 0.15) is 5.82 Å². The molecule has 1 aromatic rings. The Bertz CT molecular complexity index is 417. The van der Waals surface area contributed by atoms with E-state index in [0.717, 1.165) is 18.4 Å². The van der Waals surface area contributed by atoms with E-state index in [4.69, 9.17) is 5.73 Å². The summed E-state index contributed by atoms with van der Waals surface area (Å²) in [5.41, 5.74) is 7.27. The summed E-state index contributed by atoms with van der Waals surface area (Å²) in [6, 6.07) is 1.27. The minimum Gasteiger partial charge on any atom is -0.398 e. The molecule has 2 nitrogen and oxygen atoms in total. The number of halogens is 2. The molecule has 2 N–H and O–H groups in total. The summed E-state index contributed by atoms with van der Waals surface area (Å²) in [5.74, 6) is -0.485. The van der Waals surface area contributed by atoms with Crippen molar-refractivity contribution >= 4 is 27.4 Å². The number of hydrogen-bond donors (Lipinski definition) is 1. The molecule has 0 atom stereocenters. The quantitative estimate of drug-likeness (QED) is 0.727. The molecule has 0 aromatic heterocycles. The summed E-state index contributed by atoms with van der Waals surface area (Å²) in [6.45, 7) is 0. The van der Waals surface area contributed by atoms with Gasteiger partial charge in [0.25, 0.3) is 0 Å². The van der Waals surface area contributed by atoms with Crippen LogP contribution in [0, 0.1) is 5.82 Å². The fraction of sp³-hybridized carbons (Fsp3) is 0.300. The summed E-state index contributed by atoms with van der Waals surface area (Å²) in [6.07, 6.45) is 2.04. The third kappa shape index (κ3) is 1.34. The zero-order chi connectivity index (χ0) is 10.3. The normalized spacial score (nSPS) is 15.4. The lowest BCUT2D eigenvalue weighted by Gasteiger charge is -2.18. The van der Waals surface area contributed by atoms with Gasteiger partial charge in [0.05, 0.1) is 4.47 Å². The first-order chi connectivity index (χ1) is 6.61. The van der Waals surface area contributed by atoms with Gasteiger partial charge in [-0.15, -0.1) is 0 Å². The van der Waals surface area contributed by atoms with Crippen molar-refractivity contribution in [1.82, 2.24) is 0 Å². The van der Waals surface area contributed by atoms with Gasteiger partial charge in [0.2, 0.25) is 0 Å². The topological polar surface area (TPSA) is 43.1 Å². The van der Waals surface area contributed by atoms with Gasteiger partial charge in [-0.2, -0.15) is 0 Å². The second kappa shape index (κ2) is 3.35. The Morgan fingerprint density at radius 2 is 2.14 bits per heavy atom. The maximum absolute atomic E-state index is 13.3. The van der Waals surface area contributed by atoms with Gasteiger partial charge in [-0.3, -0.25) is 4.79 Å². The molecule has 0 saturated heterocycles. The van der Waals surface area contributed by atoms with E-state index in [-0.39, 0.29) is 10.3 Å². The highest BCUT2D eigenvalue weighted by Gasteiger charge is 2.24. The Morgan fingerprint density at radius 3 is 2.86 bits per heavy atom. The van der Waals surface area contributed by atoms with Gasteiger partial charge >= 0.3 is 0 Å². The zero-order valence-electron chi connectivity index (χ0n) is 7.44. The van der Waals surface area contributed by atoms with Crippen LogP contribution in [-0.2, 0) is 6.42 Å². The van der Waals surface area contributed by atoms with Crippen LogP contribution in [0.15, 0.2) is 10.5 Å². The number of fused-ring (bicyclic) bond motifs is 1. The van der Waals surface area contributed by atoms with Crippen LogP contribution < -0.4 is 5.73 Å². The van der Waals surface area contributed by atoms with Crippen LogP contribution in [0.5, 0.6) is 0 Å². The average molecular weight is 258 g/mol. The van der Waals surface area contributed by atoms with Crippen molar-refractivity contribution in [2.75, 3.05) is 5.73 Å². The van der Waals surface area contributed by atoms with Crippen molar-refractivity contribution in [2.24, 2.45) is 0 Å². The number of carbonyl (C=O) groups is 1. The van der Waals surface area contributed by atoms with E-state index in [0.29, 0.717) is 17.7 Å². The predicted octanol–water partition coefficient (Wildman–Crippen LogP) is 2.69. The Kier molecular flexibility index (Phi) is 2.31. The van der Waals surface area contributed by atoms with Crippen LogP contribution in [0.3, 0.4) is 0 Å². The minimum atomic E-state index is -0.462. The van der Waals surface area contributed by atoms with Crippen molar-refractivity contribution in [3.8, 4) is 0 Å². The van der Waals surface area contributed by atoms with Crippen LogP contribution in [0.4, 0.5) is 10.1 Å². The van der Waals surface area contributed by atoms with Gasteiger partial charge in [-0.25, -0.2) is 4.39 Å². The summed E-state index contributed by atoms with van der Waals surface area (Å²) in [4.78, 5) is 11.6. The lowest BCUT2D eigenvalue weighted by atomic mass is 9.89. The maximum Gasteiger partial charge on any atom is 0.164 e. The van der Waals surface area contributed by atoms with E-state index in [9.17, 15) is 9.18 Å². The monoisotopic (exact) mass is 257 g/mol. The molecule has 2 rings (SSSR count). The van der Waals surface area contributed by atoms with Gasteiger partial charge in [-0.05, 0) is 40.4 Å². The molecule has 0 radical (unpaired) electrons. The van der Waals surface area contributed by atoms with E-state index in [1.165, 1.54) is 6.07 Å². The number of rotatable bonds is 0. The largest absolute Gasteiger partial charge is 0.398 e. The molecule has 0 amide bonds. The van der Waals surface area contributed by atoms with Crippen molar-refractivity contribution in [1.29, 1.82) is 0 Å². The second-order valence-corrected chi connectivity index (χ2v) is 4.18. The molecule has 74 valence electrons. The highest BCUT2D eigenvalue weighted by Crippen LogP contribution is 2.34. The summed E-state index contributed by atoms with van der Waals surface area (Å²) in [7, 11) is 0. The number of ketones is 1. The summed E-state index contributed by atoms with van der Waals surface area (Å²) >= 11 is 3.09. The zero-order valence-corrected chi connectivity index (χ0v) is 9.03. The number of anilines is 1. The van der Waals surface area contributed by atoms with Crippen molar-refractivity contribution in [3.05, 3.63) is 27.5 Å². The molecule has 0 spiro atoms. The first kappa shape index (κ1) is 9.65. The standard InChI is InChI=1S/C10H9BrFNO/c11-10-6(12)4-7(13)5-2-1-3-8(14)9(5)10/h4H,1-3,13H2. The van der Waals surface area contributed by atoms with Crippen molar-refractivity contribution in [3.63, 3.8) is 0 Å². The van der Waals surface area contributed by atoms with Crippen molar-refractivity contribution in [2.45, 2.75) is 19.3 Å². The molecule has 0 heterocycles. The molecule has 0 bridgehead atoms. The van der Waals surface area contributed by atoms with Gasteiger partial charge < -0.3 is 5.73 Å². The van der Waals surface area contributed by atoms with E-state index >= 15 is 0 Å². The molecule has 0 aliphatic heterocycles. The SMILES string of the molecule is Nc1cc(F)c(Br)c2c1CCCC2=O. The number of Topliss-reactive ketones (excluding diaryl/α,β-unsaturated/α-hetero) is 1. The fourth-order valence-corrected chi connectivity index (χ4v) is 2.37. The van der Waals surface area contributed by atoms with Gasteiger partial charge in [-0.1, -0.05) is 0 Å². The summed E-state index contributed by atoms with van der Waals surface area (Å²) in [5, 5.41) is 0. The lowest BCUT2D eigenvalue weighted by molar-refractivity contribution is 0.0971. The third-order valence-corrected chi connectivity index (χ3v) is 3.25. The highest BCUT2D eigenvalue weighted by atomic mass is 79.9. The molecule has 1 aliphatic rings. The van der Waals surface area contributed by atoms with Gasteiger partial charge in [0, 0.05) is 17.7 Å². The molecule has 1 aliphatic carbocycles. The van der Waals surface area contributed by atoms with Crippen LogP contribution in [-0.4, -0.2) is 5.78 Å². The molecular weight excluding hydrogens is 249 g/mol. The van der Waals surface area contributed by atoms with E-state index in [1.54, 1.807) is 0 Å². The number of carbonyl (C=O) groups excluding carboxylic acids is 1. The number of hydrogen-bond acceptors (Lipinski definition) is 2. The van der Waals surface area contributed by atoms with Crippen LogP contribution in [0.25, 0.3) is 0 Å². The Balaban J connectivity index is 2.73. The smallest absolute Gasteiger partial charge is 0.164 e. The lowest BCUT2D eigenvalue weighted by Crippen LogP contribution is -2.14. The Labute approximate surface area is 89.4 Å². The Morgan fingerprint density at radius 1 is 1.43 bits per heavy atom. The van der Waals surface area contributed by atoms with Crippen LogP contribution in [0.2, 0.25) is 0 Å². The average Bonchev–Trinajstić information content (AvgIpc) is 2.14. The van der Waals surface area contributed by atoms with E-state index in [2.05, 4.69) is 15.9 Å². The molecule has 4 heteroatoms. The Hall–Kier alpha value is -0.900. The van der Waals surface area contributed by atoms with Crippen LogP contribution in [0.1, 0.15) is 28.8 Å². The van der Waals surface area contributed by atoms with Gasteiger partial charge in [0.15, 0.2) is 5.78 Å². The molecule has 1 aromatic carbocycles. The molecule has 0 unspecified atom stereocenters. The number of nitrogen functional groups attached to an aromatic ring is 1. The minimum absolute atomic E-state index is 0.0238. The third-order valence-electron chi connectivity index (χ3n) is 2.47. The number of benzene rings is 1. The first-order valence-electron chi connectivity index (χ1n) is 4.41. The molecule has 0 saturated carbocycles. The second-order valence-electron chi connectivity index (χ2n) is 3.39.